The van der Waals surface area contributed by atoms with Gasteiger partial charge in [-0.25, -0.2) is 0 Å². The standard InChI is InChI=1S/C27H23N/c1-20-16-18-23(19-17-20)28(26-14-6-10-21-8-2-4-12-24(21)26)27-15-7-11-22-9-3-5-13-25(22)27/h2-6,8-10,12-19H,7,11H2,1H3. The monoisotopic (exact) mass is 361 g/mol. The minimum absolute atomic E-state index is 1.07. The molecule has 0 heterocycles. The third kappa shape index (κ3) is 2.90. The number of hydrogen-bond donors (Lipinski definition) is 0. The summed E-state index contributed by atoms with van der Waals surface area (Å²) >= 11 is 0. The minimum atomic E-state index is 1.07. The van der Waals surface area contributed by atoms with Crippen LogP contribution in [0.25, 0.3) is 16.5 Å². The zero-order valence-electron chi connectivity index (χ0n) is 16.1. The van der Waals surface area contributed by atoms with Gasteiger partial charge >= 0.3 is 0 Å². The lowest BCUT2D eigenvalue weighted by atomic mass is 9.93. The molecule has 0 aromatic heterocycles. The smallest absolute Gasteiger partial charge is 0.0540 e. The SMILES string of the molecule is Cc1ccc(N(C2=CCCc3ccccc32)c2cccc3ccccc23)cc1. The fourth-order valence-corrected chi connectivity index (χ4v) is 4.18. The van der Waals surface area contributed by atoms with Gasteiger partial charge in [0, 0.05) is 22.3 Å². The average Bonchev–Trinajstić information content (AvgIpc) is 2.75. The number of benzene rings is 4. The summed E-state index contributed by atoms with van der Waals surface area (Å²) in [7, 11) is 0. The van der Waals surface area contributed by atoms with Gasteiger partial charge in [0.25, 0.3) is 0 Å². The van der Waals surface area contributed by atoms with Crippen LogP contribution in [0.2, 0.25) is 0 Å². The quantitative estimate of drug-likeness (QED) is 0.371. The van der Waals surface area contributed by atoms with Crippen LogP contribution in [0.1, 0.15) is 23.1 Å². The van der Waals surface area contributed by atoms with Crippen LogP contribution >= 0.6 is 0 Å². The Balaban J connectivity index is 1.77. The Morgan fingerprint density at radius 3 is 2.36 bits per heavy atom. The highest BCUT2D eigenvalue weighted by Gasteiger charge is 2.22. The summed E-state index contributed by atoms with van der Waals surface area (Å²) in [5.41, 5.74) is 7.75. The van der Waals surface area contributed by atoms with Crippen molar-refractivity contribution in [3.63, 3.8) is 0 Å². The van der Waals surface area contributed by atoms with Crippen LogP contribution in [-0.2, 0) is 6.42 Å². The van der Waals surface area contributed by atoms with Gasteiger partial charge in [0.2, 0.25) is 0 Å². The summed E-state index contributed by atoms with van der Waals surface area (Å²) in [6, 6.07) is 32.9. The van der Waals surface area contributed by atoms with Crippen LogP contribution in [0.3, 0.4) is 0 Å². The number of hydrogen-bond acceptors (Lipinski definition) is 1. The van der Waals surface area contributed by atoms with Crippen molar-refractivity contribution >= 4 is 27.8 Å². The fourth-order valence-electron chi connectivity index (χ4n) is 4.18. The van der Waals surface area contributed by atoms with Crippen molar-refractivity contribution in [3.8, 4) is 0 Å². The third-order valence-electron chi connectivity index (χ3n) is 5.59. The molecule has 1 aliphatic rings. The van der Waals surface area contributed by atoms with E-state index >= 15 is 0 Å². The maximum atomic E-state index is 2.43. The summed E-state index contributed by atoms with van der Waals surface area (Å²) in [6.45, 7) is 2.14. The Morgan fingerprint density at radius 2 is 1.46 bits per heavy atom. The van der Waals surface area contributed by atoms with E-state index in [0.717, 1.165) is 12.8 Å². The summed E-state index contributed by atoms with van der Waals surface area (Å²) in [5, 5.41) is 2.54. The molecule has 0 amide bonds. The van der Waals surface area contributed by atoms with Crippen molar-refractivity contribution in [2.24, 2.45) is 0 Å². The van der Waals surface area contributed by atoms with Gasteiger partial charge in [-0.3, -0.25) is 0 Å². The van der Waals surface area contributed by atoms with E-state index in [0.29, 0.717) is 0 Å². The molecule has 4 aromatic carbocycles. The first-order valence-corrected chi connectivity index (χ1v) is 9.94. The highest BCUT2D eigenvalue weighted by Crippen LogP contribution is 2.41. The minimum Gasteiger partial charge on any atom is -0.310 e. The molecule has 0 radical (unpaired) electrons. The predicted molar refractivity (Wildman–Crippen MR) is 120 cm³/mol. The van der Waals surface area contributed by atoms with E-state index in [2.05, 4.69) is 109 Å². The van der Waals surface area contributed by atoms with E-state index in [1.54, 1.807) is 0 Å². The molecule has 0 N–H and O–H groups in total. The van der Waals surface area contributed by atoms with E-state index in [1.807, 2.05) is 0 Å². The molecule has 0 atom stereocenters. The Hall–Kier alpha value is -3.32. The van der Waals surface area contributed by atoms with Gasteiger partial charge in [-0.2, -0.15) is 0 Å². The third-order valence-corrected chi connectivity index (χ3v) is 5.59. The second-order valence-electron chi connectivity index (χ2n) is 7.45. The second kappa shape index (κ2) is 7.01. The Morgan fingerprint density at radius 1 is 0.714 bits per heavy atom. The van der Waals surface area contributed by atoms with Gasteiger partial charge in [0.15, 0.2) is 0 Å². The summed E-state index contributed by atoms with van der Waals surface area (Å²) < 4.78 is 0. The largest absolute Gasteiger partial charge is 0.310 e. The zero-order chi connectivity index (χ0) is 18.9. The maximum absolute atomic E-state index is 2.43. The Kier molecular flexibility index (Phi) is 4.21. The molecule has 1 aliphatic carbocycles. The van der Waals surface area contributed by atoms with Gasteiger partial charge < -0.3 is 4.90 Å². The number of rotatable bonds is 3. The molecule has 0 saturated heterocycles. The average molecular weight is 361 g/mol. The van der Waals surface area contributed by atoms with Crippen LogP contribution in [0, 0.1) is 6.92 Å². The predicted octanol–water partition coefficient (Wildman–Crippen LogP) is 7.27. The lowest BCUT2D eigenvalue weighted by molar-refractivity contribution is 0.968. The molecular formula is C27H23N. The van der Waals surface area contributed by atoms with Crippen molar-refractivity contribution in [1.82, 2.24) is 0 Å². The van der Waals surface area contributed by atoms with Gasteiger partial charge in [-0.05, 0) is 48.9 Å². The molecular weight excluding hydrogens is 338 g/mol. The summed E-state index contributed by atoms with van der Waals surface area (Å²) in [6.07, 6.45) is 4.57. The first kappa shape index (κ1) is 16.8. The highest BCUT2D eigenvalue weighted by atomic mass is 15.2. The van der Waals surface area contributed by atoms with Crippen molar-refractivity contribution in [2.45, 2.75) is 19.8 Å². The van der Waals surface area contributed by atoms with Crippen molar-refractivity contribution < 1.29 is 0 Å². The molecule has 0 unspecified atom stereocenters. The summed E-state index contributed by atoms with van der Waals surface area (Å²) in [5.74, 6) is 0. The van der Waals surface area contributed by atoms with E-state index < -0.39 is 0 Å². The molecule has 1 nitrogen and oxygen atoms in total. The first-order chi connectivity index (χ1) is 13.8. The second-order valence-corrected chi connectivity index (χ2v) is 7.45. The van der Waals surface area contributed by atoms with E-state index in [4.69, 9.17) is 0 Å². The first-order valence-electron chi connectivity index (χ1n) is 9.94. The van der Waals surface area contributed by atoms with Crippen molar-refractivity contribution in [1.29, 1.82) is 0 Å². The molecule has 0 spiro atoms. The van der Waals surface area contributed by atoms with Gasteiger partial charge in [0.1, 0.15) is 0 Å². The number of allylic oxidation sites excluding steroid dienone is 1. The van der Waals surface area contributed by atoms with Crippen LogP contribution in [0.5, 0.6) is 0 Å². The molecule has 0 fully saturated rings. The van der Waals surface area contributed by atoms with Crippen molar-refractivity contribution in [2.75, 3.05) is 4.90 Å². The molecule has 28 heavy (non-hydrogen) atoms. The molecule has 0 bridgehead atoms. The number of nitrogens with zero attached hydrogens (tertiary/aromatic N) is 1. The van der Waals surface area contributed by atoms with E-state index in [9.17, 15) is 0 Å². The molecule has 4 aromatic rings. The van der Waals surface area contributed by atoms with Crippen LogP contribution in [0.15, 0.2) is 97.1 Å². The zero-order valence-corrected chi connectivity index (χ0v) is 16.1. The van der Waals surface area contributed by atoms with Crippen LogP contribution in [-0.4, -0.2) is 0 Å². The summed E-state index contributed by atoms with van der Waals surface area (Å²) in [4.78, 5) is 2.43. The number of fused-ring (bicyclic) bond motifs is 2. The topological polar surface area (TPSA) is 3.24 Å². The maximum Gasteiger partial charge on any atom is 0.0540 e. The normalized spacial score (nSPS) is 13.1. The lowest BCUT2D eigenvalue weighted by Gasteiger charge is -2.32. The highest BCUT2D eigenvalue weighted by molar-refractivity contribution is 6.02. The van der Waals surface area contributed by atoms with Gasteiger partial charge in [-0.15, -0.1) is 0 Å². The Bertz CT molecular complexity index is 1160. The molecule has 1 heteroatoms. The number of aryl methyl sites for hydroxylation is 2. The van der Waals surface area contributed by atoms with Crippen LogP contribution in [0.4, 0.5) is 11.4 Å². The molecule has 5 rings (SSSR count). The van der Waals surface area contributed by atoms with Gasteiger partial charge in [-0.1, -0.05) is 84.4 Å². The van der Waals surface area contributed by atoms with Gasteiger partial charge in [0.05, 0.1) is 5.69 Å². The fraction of sp³-hybridized carbons (Fsp3) is 0.111. The number of anilines is 2. The van der Waals surface area contributed by atoms with Crippen LogP contribution < -0.4 is 4.90 Å². The van der Waals surface area contributed by atoms with E-state index in [-0.39, 0.29) is 0 Å². The lowest BCUT2D eigenvalue weighted by Crippen LogP contribution is -2.19. The van der Waals surface area contributed by atoms with E-state index in [1.165, 1.54) is 44.5 Å². The molecule has 0 saturated carbocycles. The van der Waals surface area contributed by atoms with Crippen molar-refractivity contribution in [3.05, 3.63) is 114 Å². The molecule has 0 aliphatic heterocycles. The Labute approximate surface area is 166 Å². The molecule has 136 valence electrons.